The largest absolute Gasteiger partial charge is 0.476 e. The molecule has 0 radical (unpaired) electrons. The predicted octanol–water partition coefficient (Wildman–Crippen LogP) is 6.20. The van der Waals surface area contributed by atoms with E-state index in [0.29, 0.717) is 75.9 Å². The standard InChI is InChI=1S/C23H26N6O4S2.C13H20N4O.C10H8N2O4S2.ClH/c1-25-23(21(24)32)8-10-29(11-9-23)17-6-4-3-5-14(17)26-19(30)16-13-35-22(28-16)27-15-7-12-34-18(15)20(31)33-2;1-16-13(12(15)18)6-8-17(9-7-13)11-5-3-2-4-10(11)14;1-16-9(15)7-5(2-3-17-7)11-10-12-6(4-18-10)8(13)14;/h3-7,12-13,25H,8-11H2,1-2H3,(H2,24,32)(H,26,30)(H,27,28);2-5,16H,6-9,14H2,1H3,(H2,15,18);2-4H,1H3,(H,11,12)(H,13,14);1H. The number of nitrogens with zero attached hydrogens (tertiary/aromatic N) is 4. The van der Waals surface area contributed by atoms with Crippen molar-refractivity contribution in [2.24, 2.45) is 11.5 Å². The van der Waals surface area contributed by atoms with Crippen LogP contribution < -0.4 is 53.6 Å². The summed E-state index contributed by atoms with van der Waals surface area (Å²) in [6.07, 6.45) is 2.54. The van der Waals surface area contributed by atoms with Crippen LogP contribution in [-0.2, 0) is 19.1 Å². The quantitative estimate of drug-likeness (QED) is 0.0408. The molecule has 72 heavy (non-hydrogen) atoms. The van der Waals surface area contributed by atoms with E-state index in [-0.39, 0.29) is 41.5 Å². The maximum absolute atomic E-state index is 13.0. The lowest BCUT2D eigenvalue weighted by atomic mass is 9.86. The molecule has 0 saturated carbocycles. The van der Waals surface area contributed by atoms with Gasteiger partial charge >= 0.3 is 17.9 Å². The number of carbonyl (C=O) groups is 6. The number of aromatic carboxylic acids is 1. The van der Waals surface area contributed by atoms with Gasteiger partial charge in [0.25, 0.3) is 5.91 Å². The molecule has 8 rings (SSSR count). The number of hydrogen-bond donors (Lipinski definition) is 9. The highest BCUT2D eigenvalue weighted by atomic mass is 35.5. The van der Waals surface area contributed by atoms with E-state index < -0.39 is 29.0 Å². The van der Waals surface area contributed by atoms with E-state index >= 15 is 0 Å². The Morgan fingerprint density at radius 1 is 0.625 bits per heavy atom. The third-order valence-electron chi connectivity index (χ3n) is 11.9. The van der Waals surface area contributed by atoms with Gasteiger partial charge in [-0.15, -0.1) is 57.8 Å². The number of methoxy groups -OCH3 is 2. The Morgan fingerprint density at radius 2 is 1.06 bits per heavy atom. The molecule has 2 aliphatic heterocycles. The van der Waals surface area contributed by atoms with Crippen LogP contribution in [0.2, 0.25) is 0 Å². The average molecular weight is 1080 g/mol. The smallest absolute Gasteiger partial charge is 0.355 e. The molecule has 26 heteroatoms. The summed E-state index contributed by atoms with van der Waals surface area (Å²) in [5.74, 6) is -2.94. The summed E-state index contributed by atoms with van der Waals surface area (Å²) >= 11 is 4.91. The minimum Gasteiger partial charge on any atom is -0.476 e. The van der Waals surface area contributed by atoms with Crippen molar-refractivity contribution in [3.05, 3.63) is 103 Å². The molecule has 0 aliphatic carbocycles. The van der Waals surface area contributed by atoms with Gasteiger partial charge in [0.15, 0.2) is 16.0 Å². The Labute approximate surface area is 436 Å². The van der Waals surface area contributed by atoms with Crippen molar-refractivity contribution in [1.82, 2.24) is 20.6 Å². The molecule has 2 aromatic carbocycles. The first kappa shape index (κ1) is 56.0. The number of nitrogens with two attached hydrogens (primary N) is 3. The second kappa shape index (κ2) is 25.5. The number of carbonyl (C=O) groups excluding carboxylic acids is 5. The van der Waals surface area contributed by atoms with E-state index in [9.17, 15) is 28.8 Å². The average Bonchev–Trinajstić information content (AvgIpc) is 4.24. The van der Waals surface area contributed by atoms with Crippen molar-refractivity contribution < 1.29 is 43.3 Å². The maximum Gasteiger partial charge on any atom is 0.355 e. The maximum atomic E-state index is 13.0. The fourth-order valence-electron chi connectivity index (χ4n) is 7.73. The van der Waals surface area contributed by atoms with Crippen molar-refractivity contribution in [1.29, 1.82) is 0 Å². The van der Waals surface area contributed by atoms with Crippen LogP contribution in [0.3, 0.4) is 0 Å². The fourth-order valence-corrected chi connectivity index (χ4v) is 10.7. The number of nitrogens with one attached hydrogen (secondary N) is 5. The normalized spacial score (nSPS) is 14.4. The Bertz CT molecular complexity index is 2840. The van der Waals surface area contributed by atoms with Crippen LogP contribution in [0.5, 0.6) is 0 Å². The molecule has 6 aromatic rings. The van der Waals surface area contributed by atoms with E-state index in [1.807, 2.05) is 48.5 Å². The summed E-state index contributed by atoms with van der Waals surface area (Å²) in [7, 11) is 6.17. The van der Waals surface area contributed by atoms with E-state index in [4.69, 9.17) is 27.0 Å². The molecule has 12 N–H and O–H groups in total. The highest BCUT2D eigenvalue weighted by Crippen LogP contribution is 2.34. The highest BCUT2D eigenvalue weighted by molar-refractivity contribution is 7.15. The number of piperidine rings is 2. The van der Waals surface area contributed by atoms with Crippen LogP contribution in [0.4, 0.5) is 44.4 Å². The molecule has 21 nitrogen and oxygen atoms in total. The molecule has 0 spiro atoms. The summed E-state index contributed by atoms with van der Waals surface area (Å²) in [6, 6.07) is 18.8. The number of esters is 2. The molecule has 4 aromatic heterocycles. The number of rotatable bonds is 15. The minimum absolute atomic E-state index is 0. The number of aromatic nitrogens is 2. The molecule has 3 amide bonds. The molecule has 6 heterocycles. The third kappa shape index (κ3) is 13.3. The fraction of sp³-hybridized carbons (Fsp3) is 0.304. The van der Waals surface area contributed by atoms with E-state index in [1.165, 1.54) is 53.6 Å². The van der Waals surface area contributed by atoms with Gasteiger partial charge in [-0.3, -0.25) is 14.4 Å². The van der Waals surface area contributed by atoms with Crippen molar-refractivity contribution in [3.8, 4) is 0 Å². The van der Waals surface area contributed by atoms with E-state index in [2.05, 4.69) is 51.1 Å². The topological polar surface area (TPSA) is 312 Å². The Kier molecular flexibility index (Phi) is 19.8. The number of likely N-dealkylation sites (N-methyl/N-ethyl adjacent to an activating group) is 2. The molecule has 2 fully saturated rings. The molecule has 2 aliphatic rings. The number of carboxylic acids is 1. The van der Waals surface area contributed by atoms with Gasteiger partial charge in [-0.2, -0.15) is 0 Å². The van der Waals surface area contributed by atoms with Crippen LogP contribution in [0.15, 0.2) is 82.2 Å². The number of thiazole rings is 2. The summed E-state index contributed by atoms with van der Waals surface area (Å²) in [4.78, 5) is 83.9. The lowest BCUT2D eigenvalue weighted by molar-refractivity contribution is -0.125. The Balaban J connectivity index is 0.000000219. The van der Waals surface area contributed by atoms with E-state index in [1.54, 1.807) is 42.4 Å². The molecular formula is C46H55ClN12O9S4. The molecular weight excluding hydrogens is 1030 g/mol. The highest BCUT2D eigenvalue weighted by Gasteiger charge is 2.40. The van der Waals surface area contributed by atoms with Gasteiger partial charge in [0.05, 0.1) is 48.3 Å². The summed E-state index contributed by atoms with van der Waals surface area (Å²) in [5, 5.41) is 31.3. The predicted molar refractivity (Wildman–Crippen MR) is 286 cm³/mol. The first-order chi connectivity index (χ1) is 34.1. The van der Waals surface area contributed by atoms with Gasteiger partial charge < -0.3 is 68.2 Å². The van der Waals surface area contributed by atoms with Crippen LogP contribution in [0, 0.1) is 0 Å². The second-order valence-corrected chi connectivity index (χ2v) is 19.4. The molecule has 384 valence electrons. The van der Waals surface area contributed by atoms with Gasteiger partial charge in [-0.25, -0.2) is 24.4 Å². The number of hydrogen-bond acceptors (Lipinski definition) is 21. The zero-order valence-corrected chi connectivity index (χ0v) is 43.6. The molecule has 0 bridgehead atoms. The van der Waals surface area contributed by atoms with Gasteiger partial charge in [0.1, 0.15) is 26.5 Å². The second-order valence-electron chi connectivity index (χ2n) is 15.8. The van der Waals surface area contributed by atoms with Gasteiger partial charge in [0, 0.05) is 36.9 Å². The lowest BCUT2D eigenvalue weighted by Gasteiger charge is -2.41. The summed E-state index contributed by atoms with van der Waals surface area (Å²) < 4.78 is 9.43. The van der Waals surface area contributed by atoms with Gasteiger partial charge in [0.2, 0.25) is 11.8 Å². The zero-order chi connectivity index (χ0) is 51.3. The number of anilines is 8. The van der Waals surface area contributed by atoms with Gasteiger partial charge in [-0.05, 0) is 86.9 Å². The SMILES string of the molecule is CNC1(C(N)=O)CCN(c2ccccc2N)CC1.CNC1(C(N)=O)CCN(c2ccccc2NC(=O)c2csc(Nc3ccsc3C(=O)OC)n2)CC1.COC(=O)c1sccc1Nc1nc(C(=O)O)cs1.Cl. The number of primary amides is 2. The first-order valence-corrected chi connectivity index (χ1v) is 25.3. The Morgan fingerprint density at radius 3 is 1.49 bits per heavy atom. The number of para-hydroxylation sites is 4. The monoisotopic (exact) mass is 1080 g/mol. The van der Waals surface area contributed by atoms with Crippen molar-refractivity contribution in [2.75, 3.05) is 86.0 Å². The Hall–Kier alpha value is -6.87. The summed E-state index contributed by atoms with van der Waals surface area (Å²) in [5.41, 5.74) is 20.5. The summed E-state index contributed by atoms with van der Waals surface area (Å²) in [6.45, 7) is 2.78. The number of ether oxygens (including phenoxy) is 2. The van der Waals surface area contributed by atoms with Crippen LogP contribution in [0.25, 0.3) is 0 Å². The number of carboxylic acid groups (broad SMARTS) is 1. The first-order valence-electron chi connectivity index (χ1n) is 21.8. The molecule has 0 atom stereocenters. The number of thiophene rings is 2. The number of amides is 3. The van der Waals surface area contributed by atoms with Crippen LogP contribution >= 0.6 is 57.8 Å². The third-order valence-corrected chi connectivity index (χ3v) is 15.2. The minimum atomic E-state index is -1.09. The number of benzene rings is 2. The molecule has 0 unspecified atom stereocenters. The van der Waals surface area contributed by atoms with Crippen molar-refractivity contribution >= 4 is 138 Å². The van der Waals surface area contributed by atoms with E-state index in [0.717, 1.165) is 41.5 Å². The lowest BCUT2D eigenvalue weighted by Crippen LogP contribution is -2.59. The van der Waals surface area contributed by atoms with Crippen molar-refractivity contribution in [2.45, 2.75) is 36.8 Å². The molecule has 2 saturated heterocycles. The number of halogens is 1. The van der Waals surface area contributed by atoms with Crippen LogP contribution in [0.1, 0.15) is 66.0 Å². The zero-order valence-electron chi connectivity index (χ0n) is 39.5. The number of nitrogen functional groups attached to an aromatic ring is 1. The van der Waals surface area contributed by atoms with Gasteiger partial charge in [-0.1, -0.05) is 24.3 Å². The van der Waals surface area contributed by atoms with Crippen molar-refractivity contribution in [3.63, 3.8) is 0 Å². The van der Waals surface area contributed by atoms with Crippen LogP contribution in [-0.4, -0.2) is 116 Å².